The van der Waals surface area contributed by atoms with Gasteiger partial charge in [-0.25, -0.2) is 0 Å². The summed E-state index contributed by atoms with van der Waals surface area (Å²) < 4.78 is 0. The first-order valence-corrected chi connectivity index (χ1v) is 9.29. The third-order valence-electron chi connectivity index (χ3n) is 8.27. The lowest BCUT2D eigenvalue weighted by Gasteiger charge is -2.56. The smallest absolute Gasteiger partial charge is 0.130 e. The maximum absolute atomic E-state index is 10.9. The van der Waals surface area contributed by atoms with Gasteiger partial charge >= 0.3 is 0 Å². The van der Waals surface area contributed by atoms with E-state index in [4.69, 9.17) is 6.42 Å². The molecule has 1 N–H and O–H groups in total. The standard InChI is InChI=1S/C20H30O/c1-3-20(21)13-11-18-17-9-8-14-6-4-5-7-15(14)16(17)10-12-19(18,20)2/h1,14-18,21H,4-13H2,2H3/t14?,15?,16?,17?,18?,19-,20-/m0/s1. The summed E-state index contributed by atoms with van der Waals surface area (Å²) in [4.78, 5) is 0. The van der Waals surface area contributed by atoms with Crippen LogP contribution in [0.3, 0.4) is 0 Å². The summed E-state index contributed by atoms with van der Waals surface area (Å²) in [5.74, 6) is 7.29. The molecule has 0 aromatic rings. The molecule has 4 aliphatic rings. The zero-order valence-corrected chi connectivity index (χ0v) is 13.5. The molecule has 0 spiro atoms. The van der Waals surface area contributed by atoms with Crippen molar-refractivity contribution in [3.63, 3.8) is 0 Å². The van der Waals surface area contributed by atoms with Gasteiger partial charge in [-0.1, -0.05) is 32.1 Å². The van der Waals surface area contributed by atoms with Crippen molar-refractivity contribution in [1.82, 2.24) is 0 Å². The molecule has 7 atom stereocenters. The number of aliphatic hydroxyl groups is 1. The molecule has 0 aliphatic heterocycles. The van der Waals surface area contributed by atoms with E-state index in [-0.39, 0.29) is 5.41 Å². The van der Waals surface area contributed by atoms with E-state index < -0.39 is 5.60 Å². The molecular formula is C20H30O. The van der Waals surface area contributed by atoms with Crippen LogP contribution in [-0.2, 0) is 0 Å². The van der Waals surface area contributed by atoms with Crippen LogP contribution < -0.4 is 0 Å². The van der Waals surface area contributed by atoms with Crippen molar-refractivity contribution in [2.45, 2.75) is 76.7 Å². The van der Waals surface area contributed by atoms with Crippen LogP contribution in [0, 0.1) is 47.3 Å². The van der Waals surface area contributed by atoms with Crippen molar-refractivity contribution in [3.8, 4) is 12.3 Å². The zero-order chi connectivity index (χ0) is 14.7. The summed E-state index contributed by atoms with van der Waals surface area (Å²) >= 11 is 0. The molecule has 4 aliphatic carbocycles. The molecule has 0 amide bonds. The first-order valence-electron chi connectivity index (χ1n) is 9.29. The number of terminal acetylenes is 1. The third-order valence-corrected chi connectivity index (χ3v) is 8.27. The molecule has 0 aromatic carbocycles. The monoisotopic (exact) mass is 286 g/mol. The highest BCUT2D eigenvalue weighted by Gasteiger charge is 2.62. The molecule has 0 aromatic heterocycles. The quantitative estimate of drug-likeness (QED) is 0.655. The van der Waals surface area contributed by atoms with E-state index in [0.29, 0.717) is 5.92 Å². The largest absolute Gasteiger partial charge is 0.377 e. The number of hydrogen-bond donors (Lipinski definition) is 1. The predicted octanol–water partition coefficient (Wildman–Crippen LogP) is 4.39. The van der Waals surface area contributed by atoms with Gasteiger partial charge in [0, 0.05) is 5.41 Å². The highest BCUT2D eigenvalue weighted by molar-refractivity contribution is 5.23. The van der Waals surface area contributed by atoms with Crippen LogP contribution >= 0.6 is 0 Å². The highest BCUT2D eigenvalue weighted by Crippen LogP contribution is 2.65. The van der Waals surface area contributed by atoms with Crippen molar-refractivity contribution >= 4 is 0 Å². The SMILES string of the molecule is C#C[C@]1(O)CCC2C3CCC4CCCCC4C3CC[C@@]21C. The summed E-state index contributed by atoms with van der Waals surface area (Å²) in [6.45, 7) is 2.30. The normalized spacial score (nSPS) is 56.0. The van der Waals surface area contributed by atoms with Gasteiger partial charge < -0.3 is 5.11 Å². The highest BCUT2D eigenvalue weighted by atomic mass is 16.3. The molecule has 4 saturated carbocycles. The van der Waals surface area contributed by atoms with Crippen molar-refractivity contribution in [3.05, 3.63) is 0 Å². The minimum atomic E-state index is -0.827. The Bertz CT molecular complexity index is 463. The molecule has 21 heavy (non-hydrogen) atoms. The molecule has 0 heterocycles. The molecule has 4 fully saturated rings. The molecular weight excluding hydrogens is 256 g/mol. The second-order valence-corrected chi connectivity index (χ2v) is 8.72. The fourth-order valence-electron chi connectivity index (χ4n) is 7.08. The summed E-state index contributed by atoms with van der Waals surface area (Å²) in [5, 5.41) is 10.9. The Morgan fingerprint density at radius 3 is 2.52 bits per heavy atom. The van der Waals surface area contributed by atoms with Crippen LogP contribution in [0.1, 0.15) is 71.1 Å². The predicted molar refractivity (Wildman–Crippen MR) is 85.5 cm³/mol. The molecule has 0 bridgehead atoms. The number of rotatable bonds is 0. The number of hydrogen-bond acceptors (Lipinski definition) is 1. The van der Waals surface area contributed by atoms with Gasteiger partial charge in [-0.05, 0) is 74.5 Å². The lowest BCUT2D eigenvalue weighted by atomic mass is 9.49. The van der Waals surface area contributed by atoms with Crippen molar-refractivity contribution in [2.75, 3.05) is 0 Å². The van der Waals surface area contributed by atoms with Crippen LogP contribution in [0.25, 0.3) is 0 Å². The average Bonchev–Trinajstić information content (AvgIpc) is 2.79. The average molecular weight is 286 g/mol. The van der Waals surface area contributed by atoms with Gasteiger partial charge in [-0.2, -0.15) is 0 Å². The first kappa shape index (κ1) is 14.1. The fraction of sp³-hybridized carbons (Fsp3) is 0.900. The molecule has 0 saturated heterocycles. The van der Waals surface area contributed by atoms with Gasteiger partial charge in [0.15, 0.2) is 0 Å². The van der Waals surface area contributed by atoms with E-state index in [2.05, 4.69) is 12.8 Å². The Morgan fingerprint density at radius 1 is 0.905 bits per heavy atom. The summed E-state index contributed by atoms with van der Waals surface area (Å²) in [5.41, 5.74) is -0.837. The minimum Gasteiger partial charge on any atom is -0.377 e. The number of fused-ring (bicyclic) bond motifs is 5. The van der Waals surface area contributed by atoms with Crippen LogP contribution in [0.2, 0.25) is 0 Å². The zero-order valence-electron chi connectivity index (χ0n) is 13.5. The molecule has 1 nitrogen and oxygen atoms in total. The lowest BCUT2D eigenvalue weighted by molar-refractivity contribution is -0.104. The third kappa shape index (κ3) is 1.81. The topological polar surface area (TPSA) is 20.2 Å². The molecule has 0 radical (unpaired) electrons. The second-order valence-electron chi connectivity index (χ2n) is 8.72. The van der Waals surface area contributed by atoms with Gasteiger partial charge in [0.25, 0.3) is 0 Å². The maximum Gasteiger partial charge on any atom is 0.130 e. The van der Waals surface area contributed by atoms with Crippen molar-refractivity contribution < 1.29 is 5.11 Å². The van der Waals surface area contributed by atoms with Crippen LogP contribution in [0.5, 0.6) is 0 Å². The van der Waals surface area contributed by atoms with E-state index >= 15 is 0 Å². The van der Waals surface area contributed by atoms with Crippen molar-refractivity contribution in [1.29, 1.82) is 0 Å². The van der Waals surface area contributed by atoms with E-state index in [9.17, 15) is 5.11 Å². The van der Waals surface area contributed by atoms with E-state index in [0.717, 1.165) is 42.9 Å². The Morgan fingerprint density at radius 2 is 1.71 bits per heavy atom. The Hall–Kier alpha value is -0.480. The second kappa shape index (κ2) is 4.76. The van der Waals surface area contributed by atoms with Crippen LogP contribution in [0.15, 0.2) is 0 Å². The Kier molecular flexibility index (Phi) is 3.20. The van der Waals surface area contributed by atoms with Gasteiger partial charge in [0.2, 0.25) is 0 Å². The Labute approximate surface area is 129 Å². The fourth-order valence-corrected chi connectivity index (χ4v) is 7.08. The van der Waals surface area contributed by atoms with Gasteiger partial charge in [0.1, 0.15) is 5.60 Å². The van der Waals surface area contributed by atoms with Gasteiger partial charge in [-0.3, -0.25) is 0 Å². The summed E-state index contributed by atoms with van der Waals surface area (Å²) in [7, 11) is 0. The van der Waals surface area contributed by atoms with Gasteiger partial charge in [-0.15, -0.1) is 6.42 Å². The minimum absolute atomic E-state index is 0.00950. The van der Waals surface area contributed by atoms with E-state index in [1.807, 2.05) is 0 Å². The van der Waals surface area contributed by atoms with Crippen LogP contribution in [0.4, 0.5) is 0 Å². The van der Waals surface area contributed by atoms with Gasteiger partial charge in [0.05, 0.1) is 0 Å². The molecule has 4 rings (SSSR count). The maximum atomic E-state index is 10.9. The Balaban J connectivity index is 1.62. The summed E-state index contributed by atoms with van der Waals surface area (Å²) in [6.07, 6.45) is 19.0. The van der Waals surface area contributed by atoms with Crippen LogP contribution in [-0.4, -0.2) is 10.7 Å². The molecule has 1 heteroatoms. The molecule has 5 unspecified atom stereocenters. The summed E-state index contributed by atoms with van der Waals surface area (Å²) in [6, 6.07) is 0. The van der Waals surface area contributed by atoms with E-state index in [1.165, 1.54) is 44.9 Å². The van der Waals surface area contributed by atoms with E-state index in [1.54, 1.807) is 0 Å². The van der Waals surface area contributed by atoms with Crippen molar-refractivity contribution in [2.24, 2.45) is 35.0 Å². The molecule has 116 valence electrons. The first-order chi connectivity index (χ1) is 10.1. The lowest BCUT2D eigenvalue weighted by Crippen LogP contribution is -2.52.